The maximum Gasteiger partial charge on any atom is 0.226 e. The van der Waals surface area contributed by atoms with Crippen LogP contribution in [0.4, 0.5) is 0 Å². The normalized spacial score (nSPS) is 17.4. The lowest BCUT2D eigenvalue weighted by Crippen LogP contribution is -2.20. The maximum atomic E-state index is 11.3. The van der Waals surface area contributed by atoms with E-state index in [1.54, 1.807) is 12.1 Å². The molecule has 0 aliphatic heterocycles. The lowest BCUT2D eigenvalue weighted by atomic mass is 9.86. The Morgan fingerprint density at radius 1 is 1.29 bits per heavy atom. The van der Waals surface area contributed by atoms with Crippen molar-refractivity contribution in [3.8, 4) is 0 Å². The Labute approximate surface area is 159 Å². The van der Waals surface area contributed by atoms with Crippen LogP contribution in [0.3, 0.4) is 0 Å². The van der Waals surface area contributed by atoms with Crippen molar-refractivity contribution < 1.29 is 14.0 Å². The van der Waals surface area contributed by atoms with E-state index in [1.165, 1.54) is 0 Å². The fourth-order valence-electron chi connectivity index (χ4n) is 1.63. The summed E-state index contributed by atoms with van der Waals surface area (Å²) in [5, 5.41) is 0.389. The van der Waals surface area contributed by atoms with Crippen LogP contribution in [-0.4, -0.2) is 2.14 Å². The molecule has 0 N–H and O–H groups in total. The van der Waals surface area contributed by atoms with Crippen LogP contribution < -0.4 is 4.89 Å². The van der Waals surface area contributed by atoms with E-state index in [9.17, 15) is 9.46 Å². The third-order valence-corrected chi connectivity index (χ3v) is 4.95. The number of benzene rings is 1. The van der Waals surface area contributed by atoms with Gasteiger partial charge in [-0.1, -0.05) is 92.3 Å². The lowest BCUT2D eigenvalue weighted by molar-refractivity contribution is -0.194. The first kappa shape index (κ1) is 20.4. The van der Waals surface area contributed by atoms with Crippen molar-refractivity contribution in [1.29, 1.82) is 0 Å². The van der Waals surface area contributed by atoms with E-state index in [0.29, 0.717) is 10.6 Å². The topological polar surface area (TPSA) is 49.4 Å². The first-order chi connectivity index (χ1) is 9.22. The van der Waals surface area contributed by atoms with Gasteiger partial charge in [-0.3, -0.25) is 4.57 Å². The van der Waals surface area contributed by atoms with Gasteiger partial charge in [0, 0.05) is 10.6 Å². The highest BCUT2D eigenvalue weighted by molar-refractivity contribution is 9.39. The molecule has 0 amide bonds. The van der Waals surface area contributed by atoms with Crippen molar-refractivity contribution in [1.82, 2.24) is 0 Å². The van der Waals surface area contributed by atoms with Gasteiger partial charge in [-0.25, -0.2) is 0 Å². The number of hydrogen-bond acceptors (Lipinski definition) is 3. The highest BCUT2D eigenvalue weighted by atomic mass is 80.0. The second kappa shape index (κ2) is 7.10. The molecule has 0 saturated heterocycles. The minimum Gasteiger partial charge on any atom is -0.766 e. The van der Waals surface area contributed by atoms with Crippen LogP contribution in [-0.2, 0) is 14.5 Å². The standard InChI is InChI=1S/C12H14Br3Cl2O3P/c1-11(2,3)7-4-5-8(9(16)6-7)10(12(13,14)15)20-21(17,18)19/h4-6,10H,1-3H3,(H,18,19)/p-1. The summed E-state index contributed by atoms with van der Waals surface area (Å²) < 4.78 is 15.2. The molecular formula is C12H13Br3Cl2O3P-. The van der Waals surface area contributed by atoms with E-state index < -0.39 is 15.2 Å². The van der Waals surface area contributed by atoms with Gasteiger partial charge in [-0.15, -0.1) is 0 Å². The summed E-state index contributed by atoms with van der Waals surface area (Å²) >= 11 is 21.3. The molecule has 3 nitrogen and oxygen atoms in total. The molecule has 0 heterocycles. The van der Waals surface area contributed by atoms with Crippen LogP contribution in [0.1, 0.15) is 38.0 Å². The summed E-state index contributed by atoms with van der Waals surface area (Å²) in [4.78, 5) is 11.3. The van der Waals surface area contributed by atoms with Crippen molar-refractivity contribution in [2.45, 2.75) is 34.4 Å². The van der Waals surface area contributed by atoms with Gasteiger partial charge in [-0.05, 0) is 28.3 Å². The molecule has 0 saturated carbocycles. The van der Waals surface area contributed by atoms with Gasteiger partial charge >= 0.3 is 0 Å². The molecular weight excluding hydrogens is 534 g/mol. The van der Waals surface area contributed by atoms with Gasteiger partial charge < -0.3 is 9.42 Å². The van der Waals surface area contributed by atoms with Gasteiger partial charge in [0.25, 0.3) is 0 Å². The predicted molar refractivity (Wildman–Crippen MR) is 96.9 cm³/mol. The molecule has 9 heteroatoms. The summed E-state index contributed by atoms with van der Waals surface area (Å²) in [6.07, 6.45) is -0.986. The monoisotopic (exact) mass is 543 g/mol. The van der Waals surface area contributed by atoms with Crippen LogP contribution in [0.2, 0.25) is 5.02 Å². The van der Waals surface area contributed by atoms with Crippen molar-refractivity contribution in [3.63, 3.8) is 0 Å². The van der Waals surface area contributed by atoms with Crippen LogP contribution in [0.5, 0.6) is 0 Å². The Hall–Kier alpha value is 1.39. The largest absolute Gasteiger partial charge is 0.766 e. The Morgan fingerprint density at radius 2 is 1.81 bits per heavy atom. The van der Waals surface area contributed by atoms with Gasteiger partial charge in [0.2, 0.25) is 6.95 Å². The van der Waals surface area contributed by atoms with E-state index >= 15 is 0 Å². The zero-order valence-electron chi connectivity index (χ0n) is 11.4. The summed E-state index contributed by atoms with van der Waals surface area (Å²) in [7, 11) is 0. The average molecular weight is 547 g/mol. The molecule has 21 heavy (non-hydrogen) atoms. The SMILES string of the molecule is CC(C)(C)c1ccc(C(OP(=O)([O-])Cl)C(Br)(Br)Br)c(Cl)c1. The molecule has 120 valence electrons. The summed E-state index contributed by atoms with van der Waals surface area (Å²) in [5.41, 5.74) is 1.43. The number of hydrogen-bond donors (Lipinski definition) is 0. The van der Waals surface area contributed by atoms with Crippen LogP contribution in [0.25, 0.3) is 0 Å². The molecule has 0 aliphatic rings. The molecule has 0 aliphatic carbocycles. The average Bonchev–Trinajstić information content (AvgIpc) is 2.22. The van der Waals surface area contributed by atoms with Gasteiger partial charge in [0.1, 0.15) is 6.10 Å². The second-order valence-electron chi connectivity index (χ2n) is 5.44. The summed E-state index contributed by atoms with van der Waals surface area (Å²) in [6.45, 7) is 1.69. The minimum absolute atomic E-state index is 0.0763. The Balaban J connectivity index is 3.30. The molecule has 0 fully saturated rings. The molecule has 1 aromatic rings. The van der Waals surface area contributed by atoms with Crippen molar-refractivity contribution >= 4 is 77.6 Å². The first-order valence-electron chi connectivity index (χ1n) is 5.77. The highest BCUT2D eigenvalue weighted by Gasteiger charge is 2.37. The maximum absolute atomic E-state index is 11.3. The summed E-state index contributed by atoms with van der Waals surface area (Å²) in [6, 6.07) is 5.38. The lowest BCUT2D eigenvalue weighted by Gasteiger charge is -2.31. The number of halogens is 5. The van der Waals surface area contributed by atoms with Crippen LogP contribution >= 0.6 is 77.6 Å². The van der Waals surface area contributed by atoms with Gasteiger partial charge in [-0.2, -0.15) is 0 Å². The van der Waals surface area contributed by atoms with E-state index in [4.69, 9.17) is 27.4 Å². The Bertz CT molecular complexity index is 564. The molecule has 0 radical (unpaired) electrons. The molecule has 0 spiro atoms. The molecule has 1 aromatic carbocycles. The molecule has 2 atom stereocenters. The highest BCUT2D eigenvalue weighted by Crippen LogP contribution is 2.57. The zero-order valence-corrected chi connectivity index (χ0v) is 18.5. The zero-order chi connectivity index (χ0) is 16.6. The van der Waals surface area contributed by atoms with Crippen molar-refractivity contribution in [2.24, 2.45) is 0 Å². The summed E-state index contributed by atoms with van der Waals surface area (Å²) in [5.74, 6) is 0. The third kappa shape index (κ3) is 6.42. The van der Waals surface area contributed by atoms with Gasteiger partial charge in [0.05, 0.1) is 0 Å². The van der Waals surface area contributed by atoms with Crippen LogP contribution in [0, 0.1) is 0 Å². The van der Waals surface area contributed by atoms with Crippen LogP contribution in [0.15, 0.2) is 18.2 Å². The molecule has 2 unspecified atom stereocenters. The molecule has 1 rings (SSSR count). The first-order valence-corrected chi connectivity index (χ1v) is 11.0. The smallest absolute Gasteiger partial charge is 0.226 e. The minimum atomic E-state index is -4.47. The molecule has 0 aromatic heterocycles. The van der Waals surface area contributed by atoms with Crippen molar-refractivity contribution in [2.75, 3.05) is 0 Å². The van der Waals surface area contributed by atoms with E-state index in [1.807, 2.05) is 6.07 Å². The predicted octanol–water partition coefficient (Wildman–Crippen LogP) is 6.24. The fourth-order valence-corrected chi connectivity index (χ4v) is 4.12. The quantitative estimate of drug-likeness (QED) is 0.333. The number of alkyl halides is 3. The third-order valence-electron chi connectivity index (χ3n) is 2.68. The number of rotatable bonds is 3. The van der Waals surface area contributed by atoms with Crippen molar-refractivity contribution in [3.05, 3.63) is 34.3 Å². The fraction of sp³-hybridized carbons (Fsp3) is 0.500. The van der Waals surface area contributed by atoms with E-state index in [-0.39, 0.29) is 5.41 Å². The van der Waals surface area contributed by atoms with E-state index in [0.717, 1.165) is 5.56 Å². The molecule has 0 bridgehead atoms. The second-order valence-corrected chi connectivity index (χ2v) is 15.1. The van der Waals surface area contributed by atoms with Gasteiger partial charge in [0.15, 0.2) is 2.14 Å². The Morgan fingerprint density at radius 3 is 2.14 bits per heavy atom. The van der Waals surface area contributed by atoms with E-state index in [2.05, 4.69) is 68.6 Å². The Kier molecular flexibility index (Phi) is 6.91.